The highest BCUT2D eigenvalue weighted by Crippen LogP contribution is 2.17. The third kappa shape index (κ3) is 6.24. The molecule has 1 aromatic rings. The highest BCUT2D eigenvalue weighted by atomic mass is 35.5. The largest absolute Gasteiger partial charge is 0.375 e. The normalized spacial score (nSPS) is 12.9. The van der Waals surface area contributed by atoms with E-state index in [1.54, 1.807) is 6.07 Å². The first-order chi connectivity index (χ1) is 9.02. The lowest BCUT2D eigenvalue weighted by Crippen LogP contribution is -2.37. The number of nitrogens with two attached hydrogens (primary N) is 1. The van der Waals surface area contributed by atoms with Gasteiger partial charge in [-0.25, -0.2) is 13.2 Å². The Balaban J connectivity index is 2.40. The fraction of sp³-hybridized carbons (Fsp3) is 0.500. The molecule has 19 heavy (non-hydrogen) atoms. The van der Waals surface area contributed by atoms with Crippen molar-refractivity contribution in [1.29, 1.82) is 0 Å². The van der Waals surface area contributed by atoms with Crippen molar-refractivity contribution in [3.05, 3.63) is 34.6 Å². The number of halogens is 4. The zero-order chi connectivity index (χ0) is 14.3. The lowest BCUT2D eigenvalue weighted by molar-refractivity contribution is 0.0144. The second-order valence-corrected chi connectivity index (χ2v) is 4.48. The minimum atomic E-state index is -2.48. The van der Waals surface area contributed by atoms with Gasteiger partial charge in [-0.3, -0.25) is 11.3 Å². The first kappa shape index (κ1) is 16.2. The van der Waals surface area contributed by atoms with Crippen molar-refractivity contribution in [1.82, 2.24) is 5.43 Å². The number of hydrogen-bond acceptors (Lipinski definition) is 3. The van der Waals surface area contributed by atoms with Gasteiger partial charge in [0.05, 0.1) is 5.02 Å². The summed E-state index contributed by atoms with van der Waals surface area (Å²) in [7, 11) is 0. The van der Waals surface area contributed by atoms with Gasteiger partial charge in [0.1, 0.15) is 12.4 Å². The van der Waals surface area contributed by atoms with Gasteiger partial charge in [-0.2, -0.15) is 0 Å². The van der Waals surface area contributed by atoms with E-state index in [0.717, 1.165) is 5.56 Å². The molecule has 0 spiro atoms. The lowest BCUT2D eigenvalue weighted by Gasteiger charge is -2.16. The summed E-state index contributed by atoms with van der Waals surface area (Å²) >= 11 is 5.58. The van der Waals surface area contributed by atoms with Gasteiger partial charge in [-0.15, -0.1) is 0 Å². The summed E-state index contributed by atoms with van der Waals surface area (Å²) in [6.45, 7) is -0.428. The van der Waals surface area contributed by atoms with Crippen LogP contribution < -0.4 is 11.3 Å². The van der Waals surface area contributed by atoms with Crippen LogP contribution in [0.15, 0.2) is 18.2 Å². The van der Waals surface area contributed by atoms with Gasteiger partial charge in [0.25, 0.3) is 6.43 Å². The molecule has 0 heterocycles. The third-order valence-corrected chi connectivity index (χ3v) is 2.86. The molecule has 1 atom stereocenters. The van der Waals surface area contributed by atoms with Crippen molar-refractivity contribution in [2.24, 2.45) is 5.84 Å². The van der Waals surface area contributed by atoms with E-state index in [1.165, 1.54) is 12.1 Å². The van der Waals surface area contributed by atoms with Crippen LogP contribution in [0.3, 0.4) is 0 Å². The van der Waals surface area contributed by atoms with E-state index in [4.69, 9.17) is 22.2 Å². The summed E-state index contributed by atoms with van der Waals surface area (Å²) in [4.78, 5) is 0. The maximum absolute atomic E-state index is 13.2. The summed E-state index contributed by atoms with van der Waals surface area (Å²) in [5.41, 5.74) is 3.27. The van der Waals surface area contributed by atoms with Crippen molar-refractivity contribution >= 4 is 11.6 Å². The van der Waals surface area contributed by atoms with E-state index in [0.29, 0.717) is 12.8 Å². The van der Waals surface area contributed by atoms with Crippen molar-refractivity contribution in [3.63, 3.8) is 0 Å². The quantitative estimate of drug-likeness (QED) is 0.440. The smallest absolute Gasteiger partial charge is 0.261 e. The standard InChI is InChI=1S/C12H16ClF3N2O/c13-10-2-1-8(6-11(10)14)5-9(18-17)3-4-19-7-12(15)16/h1-2,6,9,12,18H,3-5,7,17H2. The van der Waals surface area contributed by atoms with Gasteiger partial charge in [-0.1, -0.05) is 17.7 Å². The third-order valence-electron chi connectivity index (χ3n) is 2.56. The minimum Gasteiger partial charge on any atom is -0.375 e. The molecule has 0 aromatic heterocycles. The van der Waals surface area contributed by atoms with Crippen LogP contribution in [-0.2, 0) is 11.2 Å². The summed E-state index contributed by atoms with van der Waals surface area (Å²) < 4.78 is 41.7. The number of benzene rings is 1. The van der Waals surface area contributed by atoms with E-state index in [2.05, 4.69) is 5.43 Å². The Bertz CT molecular complexity index is 393. The van der Waals surface area contributed by atoms with Crippen LogP contribution in [0.2, 0.25) is 5.02 Å². The van der Waals surface area contributed by atoms with Crippen molar-refractivity contribution in [3.8, 4) is 0 Å². The fourth-order valence-electron chi connectivity index (χ4n) is 1.59. The molecule has 0 amide bonds. The molecule has 0 saturated carbocycles. The molecule has 0 radical (unpaired) electrons. The summed E-state index contributed by atoms with van der Waals surface area (Å²) in [6, 6.07) is 4.30. The van der Waals surface area contributed by atoms with Crippen LogP contribution >= 0.6 is 11.6 Å². The van der Waals surface area contributed by atoms with Crippen molar-refractivity contribution in [2.75, 3.05) is 13.2 Å². The van der Waals surface area contributed by atoms with Crippen LogP contribution in [0.5, 0.6) is 0 Å². The number of nitrogens with one attached hydrogen (secondary N) is 1. The van der Waals surface area contributed by atoms with Gasteiger partial charge >= 0.3 is 0 Å². The molecule has 1 aromatic carbocycles. The molecule has 1 unspecified atom stereocenters. The van der Waals surface area contributed by atoms with Crippen LogP contribution in [0.1, 0.15) is 12.0 Å². The van der Waals surface area contributed by atoms with E-state index in [9.17, 15) is 13.2 Å². The molecule has 3 N–H and O–H groups in total. The molecule has 0 bridgehead atoms. The summed E-state index contributed by atoms with van der Waals surface area (Å²) in [6.07, 6.45) is -1.56. The van der Waals surface area contributed by atoms with E-state index in [1.807, 2.05) is 0 Å². The van der Waals surface area contributed by atoms with Crippen molar-refractivity contribution < 1.29 is 17.9 Å². The average molecular weight is 297 g/mol. The molecule has 0 saturated heterocycles. The molecule has 0 aliphatic carbocycles. The minimum absolute atomic E-state index is 0.0567. The van der Waals surface area contributed by atoms with Crippen LogP contribution in [-0.4, -0.2) is 25.7 Å². The molecule has 108 valence electrons. The molecular formula is C12H16ClF3N2O. The Morgan fingerprint density at radius 1 is 1.37 bits per heavy atom. The maximum Gasteiger partial charge on any atom is 0.261 e. The molecule has 0 aliphatic rings. The Morgan fingerprint density at radius 3 is 2.68 bits per heavy atom. The van der Waals surface area contributed by atoms with Crippen molar-refractivity contribution in [2.45, 2.75) is 25.3 Å². The van der Waals surface area contributed by atoms with Gasteiger partial charge in [0.2, 0.25) is 0 Å². The highest BCUT2D eigenvalue weighted by Gasteiger charge is 2.10. The Morgan fingerprint density at radius 2 is 2.11 bits per heavy atom. The molecule has 0 aliphatic heterocycles. The summed E-state index contributed by atoms with van der Waals surface area (Å²) in [5, 5.41) is 0.0567. The van der Waals surface area contributed by atoms with Gasteiger partial charge in [-0.05, 0) is 30.5 Å². The molecular weight excluding hydrogens is 281 g/mol. The zero-order valence-corrected chi connectivity index (χ0v) is 11.0. The molecule has 7 heteroatoms. The number of alkyl halides is 2. The second kappa shape index (κ2) is 8.37. The summed E-state index contributed by atoms with van der Waals surface area (Å²) in [5.74, 6) is 4.86. The number of ether oxygens (including phenoxy) is 1. The fourth-order valence-corrected chi connectivity index (χ4v) is 1.71. The zero-order valence-electron chi connectivity index (χ0n) is 10.2. The Hall–Kier alpha value is -0.820. The van der Waals surface area contributed by atoms with Crippen LogP contribution in [0, 0.1) is 5.82 Å². The first-order valence-electron chi connectivity index (χ1n) is 5.79. The SMILES string of the molecule is NNC(CCOCC(F)F)Cc1ccc(Cl)c(F)c1. The first-order valence-corrected chi connectivity index (χ1v) is 6.16. The second-order valence-electron chi connectivity index (χ2n) is 4.07. The Kier molecular flexibility index (Phi) is 7.15. The van der Waals surface area contributed by atoms with Crippen LogP contribution in [0.25, 0.3) is 0 Å². The topological polar surface area (TPSA) is 47.3 Å². The average Bonchev–Trinajstić information content (AvgIpc) is 2.37. The predicted octanol–water partition coefficient (Wildman–Crippen LogP) is 2.53. The van der Waals surface area contributed by atoms with E-state index >= 15 is 0 Å². The van der Waals surface area contributed by atoms with E-state index < -0.39 is 18.8 Å². The van der Waals surface area contributed by atoms with Gasteiger partial charge in [0, 0.05) is 12.6 Å². The van der Waals surface area contributed by atoms with Gasteiger partial charge < -0.3 is 4.74 Å². The van der Waals surface area contributed by atoms with E-state index in [-0.39, 0.29) is 17.7 Å². The number of hydrogen-bond donors (Lipinski definition) is 2. The van der Waals surface area contributed by atoms with Crippen LogP contribution in [0.4, 0.5) is 13.2 Å². The predicted molar refractivity (Wildman–Crippen MR) is 67.7 cm³/mol. The molecule has 1 rings (SSSR count). The maximum atomic E-state index is 13.2. The monoisotopic (exact) mass is 296 g/mol. The number of hydrazine groups is 1. The molecule has 3 nitrogen and oxygen atoms in total. The van der Waals surface area contributed by atoms with Gasteiger partial charge in [0.15, 0.2) is 0 Å². The number of rotatable bonds is 8. The lowest BCUT2D eigenvalue weighted by atomic mass is 10.0. The Labute approximate surface area is 114 Å². The molecule has 0 fully saturated rings. The highest BCUT2D eigenvalue weighted by molar-refractivity contribution is 6.30.